The Kier molecular flexibility index (Phi) is 10.3. The van der Waals surface area contributed by atoms with Crippen molar-refractivity contribution in [2.75, 3.05) is 49.1 Å². The Balaban J connectivity index is 0.000000517. The summed E-state index contributed by atoms with van der Waals surface area (Å²) in [7, 11) is 0. The molecule has 9 nitrogen and oxygen atoms in total. The molecule has 4 N–H and O–H groups in total. The number of aliphatic carboxylic acids is 1. The van der Waals surface area contributed by atoms with Gasteiger partial charge in [-0.3, -0.25) is 0 Å². The number of nitrogens with one attached hydrogen (secondary N) is 2. The van der Waals surface area contributed by atoms with Gasteiger partial charge in [-0.2, -0.15) is 13.2 Å². The molecule has 1 aromatic heterocycles. The minimum absolute atomic E-state index is 0.170. The molecule has 0 aliphatic carbocycles. The fourth-order valence-electron chi connectivity index (χ4n) is 5.43. The molecule has 2 aromatic carbocycles. The predicted octanol–water partition coefficient (Wildman–Crippen LogP) is 3.59. The van der Waals surface area contributed by atoms with Crippen LogP contribution in [0.5, 0.6) is 0 Å². The summed E-state index contributed by atoms with van der Waals surface area (Å²) in [5.41, 5.74) is 12.8. The van der Waals surface area contributed by atoms with E-state index in [1.807, 2.05) is 11.3 Å². The predicted molar refractivity (Wildman–Crippen MR) is 159 cm³/mol. The molecule has 228 valence electrons. The van der Waals surface area contributed by atoms with Crippen LogP contribution in [0.2, 0.25) is 0 Å². The molecule has 13 heteroatoms. The minimum Gasteiger partial charge on any atom is -0.542 e. The lowest BCUT2D eigenvalue weighted by molar-refractivity contribution is -0.344. The van der Waals surface area contributed by atoms with Crippen molar-refractivity contribution in [1.29, 1.82) is 0 Å². The van der Waals surface area contributed by atoms with Crippen LogP contribution in [0.3, 0.4) is 0 Å². The van der Waals surface area contributed by atoms with Crippen molar-refractivity contribution >= 4 is 55.1 Å². The van der Waals surface area contributed by atoms with Crippen LogP contribution in [0.15, 0.2) is 24.3 Å². The summed E-state index contributed by atoms with van der Waals surface area (Å²) in [5.74, 6) is -3.01. The minimum atomic E-state index is -5.19. The normalized spacial score (nSPS) is 16.6. The van der Waals surface area contributed by atoms with Crippen LogP contribution >= 0.6 is 11.3 Å². The van der Waals surface area contributed by atoms with Crippen molar-refractivity contribution in [3.63, 3.8) is 0 Å². The van der Waals surface area contributed by atoms with Crippen molar-refractivity contribution in [3.8, 4) is 0 Å². The third-order valence-corrected chi connectivity index (χ3v) is 8.69. The number of aryl methyl sites for hydroxylation is 2. The second-order valence-corrected chi connectivity index (χ2v) is 11.6. The van der Waals surface area contributed by atoms with Gasteiger partial charge < -0.3 is 36.1 Å². The number of halogens is 3. The molecular formula is C29H37F3N6O3S. The molecule has 0 unspecified atom stereocenters. The smallest absolute Gasteiger partial charge is 0.430 e. The fourth-order valence-corrected chi connectivity index (χ4v) is 6.57. The highest BCUT2D eigenvalue weighted by molar-refractivity contribution is 7.24. The van der Waals surface area contributed by atoms with Crippen molar-refractivity contribution in [1.82, 2.24) is 15.6 Å². The molecule has 2 fully saturated rings. The maximum atomic E-state index is 11.2. The van der Waals surface area contributed by atoms with E-state index in [0.717, 1.165) is 76.0 Å². The van der Waals surface area contributed by atoms with Gasteiger partial charge >= 0.3 is 12.2 Å². The van der Waals surface area contributed by atoms with Crippen molar-refractivity contribution < 1.29 is 27.9 Å². The quantitative estimate of drug-likeness (QED) is 0.299. The zero-order valence-corrected chi connectivity index (χ0v) is 24.7. The molecule has 3 heterocycles. The molecule has 0 atom stereocenters. The van der Waals surface area contributed by atoms with Crippen LogP contribution in [-0.2, 0) is 17.6 Å². The Morgan fingerprint density at radius 3 is 1.98 bits per heavy atom. The summed E-state index contributed by atoms with van der Waals surface area (Å²) in [6.07, 6.45) is -0.260. The van der Waals surface area contributed by atoms with E-state index in [1.54, 1.807) is 0 Å². The Hall–Kier alpha value is -3.45. The highest BCUT2D eigenvalue weighted by Crippen LogP contribution is 2.36. The van der Waals surface area contributed by atoms with E-state index in [4.69, 9.17) is 20.6 Å². The first-order valence-electron chi connectivity index (χ1n) is 14.3. The zero-order valence-electron chi connectivity index (χ0n) is 23.9. The number of urea groups is 1. The number of carboxylic acid groups (broad SMARTS) is 1. The summed E-state index contributed by atoms with van der Waals surface area (Å²) in [5, 5.41) is 15.2. The molecule has 0 bridgehead atoms. The highest BCUT2D eigenvalue weighted by Gasteiger charge is 2.29. The summed E-state index contributed by atoms with van der Waals surface area (Å²) >= 11 is 1.88. The number of alkyl halides is 3. The molecule has 2 saturated heterocycles. The van der Waals surface area contributed by atoms with E-state index in [9.17, 15) is 18.0 Å². The summed E-state index contributed by atoms with van der Waals surface area (Å²) < 4.78 is 34.1. The van der Waals surface area contributed by atoms with Gasteiger partial charge in [0.1, 0.15) is 17.0 Å². The average molecular weight is 607 g/mol. The van der Waals surface area contributed by atoms with Crippen LogP contribution in [0.25, 0.3) is 20.4 Å². The van der Waals surface area contributed by atoms with Crippen molar-refractivity contribution in [2.45, 2.75) is 58.2 Å². The van der Waals surface area contributed by atoms with Gasteiger partial charge in [-0.15, -0.1) is 0 Å². The number of aromatic nitrogens is 1. The third-order valence-electron chi connectivity index (χ3n) is 7.63. The first kappa shape index (κ1) is 31.5. The molecule has 2 aliphatic rings. The van der Waals surface area contributed by atoms with Crippen LogP contribution in [0.1, 0.15) is 44.2 Å². The van der Waals surface area contributed by atoms with Gasteiger partial charge in [-0.25, -0.2) is 9.78 Å². The molecular weight excluding hydrogens is 569 g/mol. The maximum absolute atomic E-state index is 11.2. The number of hydrogen-bond donors (Lipinski definition) is 3. The number of carbonyl (C=O) groups excluding carboxylic acids is 2. The lowest BCUT2D eigenvalue weighted by Crippen LogP contribution is -2.46. The fraction of sp³-hybridized carbons (Fsp3) is 0.517. The molecule has 5 rings (SSSR count). The van der Waals surface area contributed by atoms with Crippen LogP contribution in [0.4, 0.5) is 29.3 Å². The number of hydrogen-bond acceptors (Lipinski definition) is 7. The molecule has 0 spiro atoms. The zero-order chi connectivity index (χ0) is 30.4. The van der Waals surface area contributed by atoms with Crippen molar-refractivity contribution in [3.05, 3.63) is 35.4 Å². The molecule has 0 radical (unpaired) electrons. The van der Waals surface area contributed by atoms with Crippen LogP contribution < -0.4 is 31.3 Å². The average Bonchev–Trinajstić information content (AvgIpc) is 3.24. The summed E-state index contributed by atoms with van der Waals surface area (Å²) in [4.78, 5) is 30.2. The van der Waals surface area contributed by atoms with Gasteiger partial charge in [0.15, 0.2) is 0 Å². The SMILES string of the molecule is CCc1cc(N2CCCNCC2)cc2[s+]c3cc(N4CCC(NC(N)=O)CC4)cc(CC)c3nc12.O=C([O-])C(F)(F)F. The van der Waals surface area contributed by atoms with Crippen LogP contribution in [0, 0.1) is 0 Å². The number of anilines is 2. The lowest BCUT2D eigenvalue weighted by atomic mass is 10.0. The van der Waals surface area contributed by atoms with Crippen LogP contribution in [-0.4, -0.2) is 68.5 Å². The van der Waals surface area contributed by atoms with Gasteiger partial charge in [0, 0.05) is 62.3 Å². The molecule has 0 saturated carbocycles. The lowest BCUT2D eigenvalue weighted by Gasteiger charge is -2.33. The molecule has 3 aromatic rings. The van der Waals surface area contributed by atoms with E-state index in [2.05, 4.69) is 58.5 Å². The number of carboxylic acids is 1. The Bertz CT molecular complexity index is 1420. The van der Waals surface area contributed by atoms with Gasteiger partial charge in [0.05, 0.1) is 0 Å². The maximum Gasteiger partial charge on any atom is 0.430 e. The number of piperidine rings is 1. The Morgan fingerprint density at radius 1 is 0.976 bits per heavy atom. The molecule has 2 aliphatic heterocycles. The number of amides is 2. The van der Waals surface area contributed by atoms with E-state index < -0.39 is 18.2 Å². The summed E-state index contributed by atoms with van der Waals surface area (Å²) in [6, 6.07) is 9.11. The van der Waals surface area contributed by atoms with E-state index >= 15 is 0 Å². The van der Waals surface area contributed by atoms with E-state index in [0.29, 0.717) is 0 Å². The largest absolute Gasteiger partial charge is 0.542 e. The Morgan fingerprint density at radius 2 is 1.50 bits per heavy atom. The number of fused-ring (bicyclic) bond motifs is 2. The second-order valence-electron chi connectivity index (χ2n) is 10.5. The van der Waals surface area contributed by atoms with Gasteiger partial charge in [0.25, 0.3) is 9.40 Å². The highest BCUT2D eigenvalue weighted by atomic mass is 32.1. The van der Waals surface area contributed by atoms with E-state index in [-0.39, 0.29) is 6.04 Å². The van der Waals surface area contributed by atoms with E-state index in [1.165, 1.54) is 38.3 Å². The first-order chi connectivity index (χ1) is 20.0. The number of benzene rings is 2. The second kappa shape index (κ2) is 13.7. The summed E-state index contributed by atoms with van der Waals surface area (Å²) in [6.45, 7) is 10.6. The molecule has 42 heavy (non-hydrogen) atoms. The standard InChI is InChI=1S/C27H36N6OS.C2HF3O2/c1-3-18-14-21(32-10-5-8-29-9-13-32)16-23-25(18)31-26-19(4-2)15-22(17-24(26)35-23)33-11-6-20(7-12-33)30-27(28)34;3-2(4,5)1(6)7/h14-17,20,29H,3-13H2,1-2H3,(H2-,28,30,34);(H,6,7). The number of primary amides is 1. The first-order valence-corrected chi connectivity index (χ1v) is 15.1. The topological polar surface area (TPSA) is 127 Å². The van der Waals surface area contributed by atoms with Gasteiger partial charge in [-0.05, 0) is 61.9 Å². The third kappa shape index (κ3) is 7.68. The number of nitrogens with zero attached hydrogens (tertiary/aromatic N) is 3. The molecule has 2 amide bonds. The number of nitrogens with two attached hydrogens (primary N) is 1. The Labute approximate surface area is 246 Å². The number of rotatable bonds is 5. The number of carbonyl (C=O) groups is 2. The van der Waals surface area contributed by atoms with Gasteiger partial charge in [-0.1, -0.05) is 13.8 Å². The van der Waals surface area contributed by atoms with Gasteiger partial charge in [0.2, 0.25) is 11.3 Å². The van der Waals surface area contributed by atoms with Crippen molar-refractivity contribution in [2.24, 2.45) is 5.73 Å². The monoisotopic (exact) mass is 606 g/mol.